The molecule has 0 spiro atoms. The molecule has 0 unspecified atom stereocenters. The van der Waals surface area contributed by atoms with E-state index in [1.165, 1.54) is 19.6 Å². The van der Waals surface area contributed by atoms with Gasteiger partial charge in [-0.25, -0.2) is 16.8 Å². The van der Waals surface area contributed by atoms with Gasteiger partial charge >= 0.3 is 6.18 Å². The Morgan fingerprint density at radius 1 is 0.521 bits per heavy atom. The van der Waals surface area contributed by atoms with Crippen molar-refractivity contribution >= 4 is 95.2 Å². The molecular formula is C49H48Cl2F3N7O8S4. The van der Waals surface area contributed by atoms with Gasteiger partial charge in [-0.15, -0.1) is 22.7 Å². The number of amides is 4. The van der Waals surface area contributed by atoms with Gasteiger partial charge in [0.1, 0.15) is 8.42 Å². The minimum atomic E-state index is -4.49. The highest BCUT2D eigenvalue weighted by molar-refractivity contribution is 7.91. The first-order valence-corrected chi connectivity index (χ1v) is 27.7. The number of nitrogens with zero attached hydrogens (tertiary/aromatic N) is 5. The lowest BCUT2D eigenvalue weighted by molar-refractivity contribution is -0.137. The summed E-state index contributed by atoms with van der Waals surface area (Å²) in [5.41, 5.74) is 1.75. The molecule has 0 bridgehead atoms. The number of sulfonamides is 2. The first-order chi connectivity index (χ1) is 34.6. The molecule has 4 aromatic carbocycles. The van der Waals surface area contributed by atoms with Gasteiger partial charge in [0.25, 0.3) is 43.7 Å². The molecule has 0 aliphatic carbocycles. The maximum Gasteiger partial charge on any atom is 0.416 e. The van der Waals surface area contributed by atoms with Crippen molar-refractivity contribution in [3.8, 4) is 0 Å². The fourth-order valence-corrected chi connectivity index (χ4v) is 13.5. The molecule has 4 amide bonds. The predicted octanol–water partition coefficient (Wildman–Crippen LogP) is 8.04. The van der Waals surface area contributed by atoms with Gasteiger partial charge in [0, 0.05) is 114 Å². The molecule has 4 heterocycles. The predicted molar refractivity (Wildman–Crippen MR) is 275 cm³/mol. The van der Waals surface area contributed by atoms with E-state index in [-0.39, 0.29) is 84.1 Å². The number of thiophene rings is 2. The zero-order chi connectivity index (χ0) is 52.7. The summed E-state index contributed by atoms with van der Waals surface area (Å²) in [6, 6.07) is 30.6. The average molecular weight is 1120 g/mol. The first-order valence-electron chi connectivity index (χ1n) is 22.4. The van der Waals surface area contributed by atoms with Gasteiger partial charge in [-0.05, 0) is 121 Å². The normalized spacial score (nSPS) is 14.7. The van der Waals surface area contributed by atoms with Crippen molar-refractivity contribution in [2.75, 3.05) is 71.4 Å². The van der Waals surface area contributed by atoms with E-state index in [4.69, 9.17) is 23.2 Å². The highest BCUT2D eigenvalue weighted by atomic mass is 35.5. The molecule has 24 heteroatoms. The Hall–Kier alpha value is -5.85. The Balaban J connectivity index is 0.000000214. The fourth-order valence-electron chi connectivity index (χ4n) is 7.51. The molecule has 2 N–H and O–H groups in total. The number of anilines is 1. The lowest BCUT2D eigenvalue weighted by Gasteiger charge is -2.33. The van der Waals surface area contributed by atoms with Gasteiger partial charge in [-0.1, -0.05) is 23.2 Å². The van der Waals surface area contributed by atoms with Crippen LogP contribution in [0.1, 0.15) is 56.7 Å². The van der Waals surface area contributed by atoms with Crippen molar-refractivity contribution in [1.82, 2.24) is 29.0 Å². The van der Waals surface area contributed by atoms with Crippen LogP contribution < -0.4 is 15.5 Å². The van der Waals surface area contributed by atoms with E-state index < -0.39 is 37.7 Å². The molecular weight excluding hydrogens is 1070 g/mol. The molecule has 2 aromatic heterocycles. The van der Waals surface area contributed by atoms with Crippen molar-refractivity contribution < 1.29 is 49.2 Å². The number of benzene rings is 4. The number of rotatable bonds is 13. The van der Waals surface area contributed by atoms with E-state index in [1.54, 1.807) is 83.8 Å². The van der Waals surface area contributed by atoms with E-state index >= 15 is 0 Å². The Morgan fingerprint density at radius 3 is 1.21 bits per heavy atom. The monoisotopic (exact) mass is 1120 g/mol. The summed E-state index contributed by atoms with van der Waals surface area (Å²) >= 11 is 13.9. The van der Waals surface area contributed by atoms with E-state index in [9.17, 15) is 49.2 Å². The SMILES string of the molecule is CN(C)c1ccc(C(=O)N2CCN(S(=O)(=O)c3ccc(CNC(=O)c4ccc(Cl)cc4)s3)CC2)cc1.O=C(NCc1ccc(S(=O)(=O)N2CCN(C(=O)c3ccc(C(F)(F)F)cc3)CC2)s1)c1ccc(Cl)cc1. The molecule has 0 saturated carbocycles. The van der Waals surface area contributed by atoms with Crippen LogP contribution in [0.4, 0.5) is 18.9 Å². The van der Waals surface area contributed by atoms with E-state index in [0.717, 1.165) is 57.5 Å². The lowest BCUT2D eigenvalue weighted by atomic mass is 10.1. The summed E-state index contributed by atoms with van der Waals surface area (Å²) in [5.74, 6) is -1.14. The third kappa shape index (κ3) is 13.9. The van der Waals surface area contributed by atoms with Crippen LogP contribution in [0.2, 0.25) is 10.0 Å². The van der Waals surface area contributed by atoms with Gasteiger partial charge in [-0.2, -0.15) is 21.8 Å². The van der Waals surface area contributed by atoms with E-state index in [0.29, 0.717) is 44.7 Å². The number of nitrogens with one attached hydrogen (secondary N) is 2. The second-order valence-electron chi connectivity index (χ2n) is 16.7. The second-order valence-corrected chi connectivity index (χ2v) is 24.3. The van der Waals surface area contributed by atoms with Gasteiger partial charge in [0.15, 0.2) is 0 Å². The van der Waals surface area contributed by atoms with Crippen molar-refractivity contribution in [2.24, 2.45) is 0 Å². The molecule has 2 saturated heterocycles. The van der Waals surface area contributed by atoms with Crippen LogP contribution in [-0.2, 0) is 39.3 Å². The summed E-state index contributed by atoms with van der Waals surface area (Å²) in [6.45, 7) is 1.78. The molecule has 8 rings (SSSR count). The number of hydrogen-bond donors (Lipinski definition) is 2. The fraction of sp³-hybridized carbons (Fsp3) is 0.265. The zero-order valence-electron chi connectivity index (χ0n) is 39.1. The highest BCUT2D eigenvalue weighted by Gasteiger charge is 2.34. The molecule has 2 aliphatic rings. The Kier molecular flexibility index (Phi) is 17.7. The number of alkyl halides is 3. The lowest BCUT2D eigenvalue weighted by Crippen LogP contribution is -2.50. The molecule has 386 valence electrons. The largest absolute Gasteiger partial charge is 0.416 e. The van der Waals surface area contributed by atoms with E-state index in [2.05, 4.69) is 10.6 Å². The average Bonchev–Trinajstić information content (AvgIpc) is 4.09. The molecule has 0 atom stereocenters. The quantitative estimate of drug-likeness (QED) is 0.116. The Morgan fingerprint density at radius 2 is 0.863 bits per heavy atom. The number of carbonyl (C=O) groups is 4. The summed E-state index contributed by atoms with van der Waals surface area (Å²) in [6.07, 6.45) is -4.49. The van der Waals surface area contributed by atoms with Gasteiger partial charge < -0.3 is 25.3 Å². The molecule has 2 fully saturated rings. The van der Waals surface area contributed by atoms with Crippen LogP contribution in [0.5, 0.6) is 0 Å². The topological polar surface area (TPSA) is 177 Å². The van der Waals surface area contributed by atoms with Crippen LogP contribution in [0, 0.1) is 0 Å². The molecule has 6 aromatic rings. The van der Waals surface area contributed by atoms with Crippen LogP contribution >= 0.6 is 45.9 Å². The molecule has 73 heavy (non-hydrogen) atoms. The third-order valence-corrected chi connectivity index (χ3v) is 19.1. The molecule has 0 radical (unpaired) electrons. The summed E-state index contributed by atoms with van der Waals surface area (Å²) < 4.78 is 93.8. The maximum atomic E-state index is 13.2. The minimum absolute atomic E-state index is 0.0508. The first kappa shape index (κ1) is 54.9. The van der Waals surface area contributed by atoms with Crippen LogP contribution in [0.15, 0.2) is 130 Å². The molecule has 2 aliphatic heterocycles. The van der Waals surface area contributed by atoms with Gasteiger partial charge in [0.2, 0.25) is 0 Å². The number of piperazine rings is 2. The zero-order valence-corrected chi connectivity index (χ0v) is 43.9. The number of halogens is 5. The summed E-state index contributed by atoms with van der Waals surface area (Å²) in [5, 5.41) is 6.59. The van der Waals surface area contributed by atoms with Crippen LogP contribution in [0.3, 0.4) is 0 Å². The van der Waals surface area contributed by atoms with Gasteiger partial charge in [0.05, 0.1) is 18.7 Å². The Bertz CT molecular complexity index is 3140. The summed E-state index contributed by atoms with van der Waals surface area (Å²) in [7, 11) is -3.63. The Labute approximate surface area is 438 Å². The van der Waals surface area contributed by atoms with Crippen LogP contribution in [0.25, 0.3) is 0 Å². The smallest absolute Gasteiger partial charge is 0.378 e. The maximum absolute atomic E-state index is 13.2. The highest BCUT2D eigenvalue weighted by Crippen LogP contribution is 2.31. The standard InChI is InChI=1S/C25H27ClN4O4S2.C24H21ClF3N3O4S2/c1-28(2)21-9-5-19(6-10-21)25(32)29-13-15-30(16-14-29)36(33,34)23-12-11-22(35-23)17-27-24(31)18-3-7-20(26)8-4-18;25-19-7-3-16(4-8-19)22(32)29-15-20-9-10-21(36-20)37(34,35)31-13-11-30(12-14-31)23(33)17-1-5-18(6-2-17)24(26,27)28/h3-12H,13-17H2,1-2H3,(H,27,31);1-10H,11-15H2,(H,29,32). The minimum Gasteiger partial charge on any atom is -0.378 e. The second kappa shape index (κ2) is 23.6. The third-order valence-electron chi connectivity index (χ3n) is 11.7. The summed E-state index contributed by atoms with van der Waals surface area (Å²) in [4.78, 5) is 56.6. The van der Waals surface area contributed by atoms with Crippen molar-refractivity contribution in [3.63, 3.8) is 0 Å². The van der Waals surface area contributed by atoms with Crippen molar-refractivity contribution in [1.29, 1.82) is 0 Å². The van der Waals surface area contributed by atoms with E-state index in [1.807, 2.05) is 31.1 Å². The van der Waals surface area contributed by atoms with Gasteiger partial charge in [-0.3, -0.25) is 19.2 Å². The number of carbonyl (C=O) groups excluding carboxylic acids is 4. The molecule has 15 nitrogen and oxygen atoms in total. The van der Waals surface area contributed by atoms with Crippen molar-refractivity contribution in [2.45, 2.75) is 27.7 Å². The number of hydrogen-bond acceptors (Lipinski definition) is 11. The van der Waals surface area contributed by atoms with Crippen molar-refractivity contribution in [3.05, 3.63) is 169 Å². The van der Waals surface area contributed by atoms with Crippen LogP contribution in [-0.4, -0.2) is 125 Å².